The second-order valence-electron chi connectivity index (χ2n) is 3.11. The van der Waals surface area contributed by atoms with Crippen LogP contribution in [0.15, 0.2) is 24.5 Å². The molecule has 0 spiro atoms. The molecule has 2 heterocycles. The van der Waals surface area contributed by atoms with E-state index in [9.17, 15) is 13.2 Å². The molecule has 0 aliphatic carbocycles. The predicted octanol–water partition coefficient (Wildman–Crippen LogP) is 2.07. The van der Waals surface area contributed by atoms with Crippen molar-refractivity contribution in [3.8, 4) is 11.4 Å². The number of aromatic nitrogens is 3. The van der Waals surface area contributed by atoms with Gasteiger partial charge >= 0.3 is 6.18 Å². The lowest BCUT2D eigenvalue weighted by Crippen LogP contribution is -2.04. The number of rotatable bonds is 1. The van der Waals surface area contributed by atoms with E-state index in [4.69, 9.17) is 5.73 Å². The van der Waals surface area contributed by atoms with Gasteiger partial charge in [0.1, 0.15) is 17.3 Å². The van der Waals surface area contributed by atoms with E-state index >= 15 is 0 Å². The third kappa shape index (κ3) is 1.97. The lowest BCUT2D eigenvalue weighted by atomic mass is 10.2. The number of hydrogen-bond donors (Lipinski definition) is 2. The maximum absolute atomic E-state index is 12.3. The third-order valence-electron chi connectivity index (χ3n) is 1.94. The molecule has 0 radical (unpaired) electrons. The molecule has 4 nitrogen and oxygen atoms in total. The Labute approximate surface area is 88.3 Å². The quantitative estimate of drug-likeness (QED) is 0.785. The van der Waals surface area contributed by atoms with E-state index in [0.717, 1.165) is 6.20 Å². The molecule has 0 fully saturated rings. The Kier molecular flexibility index (Phi) is 2.30. The summed E-state index contributed by atoms with van der Waals surface area (Å²) < 4.78 is 36.9. The maximum atomic E-state index is 12.3. The van der Waals surface area contributed by atoms with Gasteiger partial charge in [-0.1, -0.05) is 0 Å². The smallest absolute Gasteiger partial charge is 0.384 e. The summed E-state index contributed by atoms with van der Waals surface area (Å²) in [5, 5.41) is 0. The zero-order chi connectivity index (χ0) is 11.8. The van der Waals surface area contributed by atoms with Gasteiger partial charge in [0.2, 0.25) is 0 Å². The average molecular weight is 228 g/mol. The summed E-state index contributed by atoms with van der Waals surface area (Å²) in [5.41, 5.74) is 4.98. The minimum absolute atomic E-state index is 0.112. The van der Waals surface area contributed by atoms with E-state index in [2.05, 4.69) is 15.0 Å². The highest BCUT2D eigenvalue weighted by Gasteiger charge is 2.33. The molecular weight excluding hydrogens is 221 g/mol. The molecule has 7 heteroatoms. The van der Waals surface area contributed by atoms with Crippen molar-refractivity contribution < 1.29 is 13.2 Å². The summed E-state index contributed by atoms with van der Waals surface area (Å²) in [6, 6.07) is 2.97. The van der Waals surface area contributed by atoms with E-state index in [0.29, 0.717) is 5.56 Å². The molecule has 0 saturated carbocycles. The number of nitrogens with two attached hydrogens (primary N) is 1. The normalized spacial score (nSPS) is 11.7. The molecule has 0 aromatic carbocycles. The number of anilines is 1. The Bertz CT molecular complexity index is 503. The first-order chi connectivity index (χ1) is 7.47. The van der Waals surface area contributed by atoms with E-state index in [1.165, 1.54) is 18.3 Å². The topological polar surface area (TPSA) is 67.6 Å². The van der Waals surface area contributed by atoms with Gasteiger partial charge < -0.3 is 10.7 Å². The molecule has 3 N–H and O–H groups in total. The second kappa shape index (κ2) is 3.51. The molecule has 84 valence electrons. The van der Waals surface area contributed by atoms with Gasteiger partial charge in [-0.3, -0.25) is 0 Å². The van der Waals surface area contributed by atoms with Crippen LogP contribution in [-0.2, 0) is 6.18 Å². The van der Waals surface area contributed by atoms with Gasteiger partial charge in [0.15, 0.2) is 0 Å². The van der Waals surface area contributed by atoms with Crippen LogP contribution in [0, 0.1) is 0 Å². The predicted molar refractivity (Wildman–Crippen MR) is 51.2 cm³/mol. The Morgan fingerprint density at radius 2 is 2.00 bits per heavy atom. The van der Waals surface area contributed by atoms with Crippen molar-refractivity contribution >= 4 is 5.82 Å². The number of alkyl halides is 3. The fourth-order valence-corrected chi connectivity index (χ4v) is 1.21. The first-order valence-corrected chi connectivity index (χ1v) is 4.31. The van der Waals surface area contributed by atoms with Crippen molar-refractivity contribution in [2.75, 3.05) is 5.73 Å². The van der Waals surface area contributed by atoms with E-state index in [1.54, 1.807) is 0 Å². The highest BCUT2D eigenvalue weighted by atomic mass is 19.4. The number of nitrogens with one attached hydrogen (secondary N) is 1. The van der Waals surface area contributed by atoms with Gasteiger partial charge in [-0.15, -0.1) is 0 Å². The molecule has 0 aliphatic heterocycles. The number of H-pyrrole nitrogens is 1. The second-order valence-corrected chi connectivity index (χ2v) is 3.11. The zero-order valence-electron chi connectivity index (χ0n) is 7.92. The summed E-state index contributed by atoms with van der Waals surface area (Å²) >= 11 is 0. The summed E-state index contributed by atoms with van der Waals surface area (Å²) in [6.45, 7) is 0. The highest BCUT2D eigenvalue weighted by molar-refractivity contribution is 5.58. The minimum atomic E-state index is -4.43. The molecule has 2 rings (SSSR count). The molecule has 2 aromatic heterocycles. The Morgan fingerprint density at radius 1 is 1.25 bits per heavy atom. The molecule has 16 heavy (non-hydrogen) atoms. The number of nitrogen functional groups attached to an aromatic ring is 1. The first-order valence-electron chi connectivity index (χ1n) is 4.31. The Balaban J connectivity index is 2.39. The molecular formula is C9H7F3N4. The molecule has 2 aromatic rings. The monoisotopic (exact) mass is 228 g/mol. The molecule has 0 bridgehead atoms. The first kappa shape index (κ1) is 10.5. The number of hydrogen-bond acceptors (Lipinski definition) is 3. The van der Waals surface area contributed by atoms with E-state index in [1.807, 2.05) is 0 Å². The van der Waals surface area contributed by atoms with Crippen LogP contribution >= 0.6 is 0 Å². The number of pyridine rings is 1. The molecule has 0 amide bonds. The minimum Gasteiger partial charge on any atom is -0.384 e. The molecule has 0 aliphatic rings. The summed E-state index contributed by atoms with van der Waals surface area (Å²) in [6.07, 6.45) is -2.28. The fraction of sp³-hybridized carbons (Fsp3) is 0.111. The van der Waals surface area contributed by atoms with Crippen LogP contribution in [0.25, 0.3) is 11.4 Å². The third-order valence-corrected chi connectivity index (χ3v) is 1.94. The van der Waals surface area contributed by atoms with Gasteiger partial charge in [0, 0.05) is 11.8 Å². The van der Waals surface area contributed by atoms with Crippen molar-refractivity contribution in [2.45, 2.75) is 6.18 Å². The number of nitrogens with zero attached hydrogens (tertiary/aromatic N) is 2. The van der Waals surface area contributed by atoms with Gasteiger partial charge in [0.05, 0.1) is 6.20 Å². The largest absolute Gasteiger partial charge is 0.432 e. The fourth-order valence-electron chi connectivity index (χ4n) is 1.21. The van der Waals surface area contributed by atoms with Crippen molar-refractivity contribution in [1.29, 1.82) is 0 Å². The van der Waals surface area contributed by atoms with Crippen LogP contribution in [0.1, 0.15) is 5.69 Å². The zero-order valence-corrected chi connectivity index (χ0v) is 7.92. The highest BCUT2D eigenvalue weighted by Crippen LogP contribution is 2.29. The van der Waals surface area contributed by atoms with Crippen LogP contribution in [0.5, 0.6) is 0 Å². The summed E-state index contributed by atoms with van der Waals surface area (Å²) in [5.74, 6) is 0.337. The van der Waals surface area contributed by atoms with Crippen LogP contribution in [0.2, 0.25) is 0 Å². The van der Waals surface area contributed by atoms with Crippen LogP contribution in [0.3, 0.4) is 0 Å². The van der Waals surface area contributed by atoms with Crippen LogP contribution in [-0.4, -0.2) is 15.0 Å². The summed E-state index contributed by atoms with van der Waals surface area (Å²) in [4.78, 5) is 9.55. The number of halogens is 3. The molecule has 0 unspecified atom stereocenters. The summed E-state index contributed by atoms with van der Waals surface area (Å²) in [7, 11) is 0. The van der Waals surface area contributed by atoms with Crippen LogP contribution < -0.4 is 5.73 Å². The van der Waals surface area contributed by atoms with E-state index < -0.39 is 11.9 Å². The Morgan fingerprint density at radius 3 is 2.56 bits per heavy atom. The van der Waals surface area contributed by atoms with Crippen LogP contribution in [0.4, 0.5) is 19.0 Å². The van der Waals surface area contributed by atoms with Crippen molar-refractivity contribution in [1.82, 2.24) is 15.0 Å². The molecule has 0 saturated heterocycles. The Hall–Kier alpha value is -2.05. The standard InChI is InChI=1S/C9H7F3N4/c10-9(11,12)6-4-15-8(16-6)5-1-2-14-7(13)3-5/h1-4H,(H2,13,14)(H,15,16). The molecule has 0 atom stereocenters. The van der Waals surface area contributed by atoms with E-state index in [-0.39, 0.29) is 11.6 Å². The number of imidazole rings is 1. The lowest BCUT2D eigenvalue weighted by molar-refractivity contribution is -0.140. The van der Waals surface area contributed by atoms with Gasteiger partial charge in [-0.2, -0.15) is 13.2 Å². The maximum Gasteiger partial charge on any atom is 0.432 e. The van der Waals surface area contributed by atoms with Gasteiger partial charge in [-0.05, 0) is 12.1 Å². The SMILES string of the molecule is Nc1cc(-c2ncc(C(F)(F)F)[nH]2)ccn1. The van der Waals surface area contributed by atoms with Gasteiger partial charge in [0.25, 0.3) is 0 Å². The van der Waals surface area contributed by atoms with Crippen molar-refractivity contribution in [2.24, 2.45) is 0 Å². The van der Waals surface area contributed by atoms with Crippen molar-refractivity contribution in [3.63, 3.8) is 0 Å². The number of aromatic amines is 1. The van der Waals surface area contributed by atoms with Gasteiger partial charge in [-0.25, -0.2) is 9.97 Å². The van der Waals surface area contributed by atoms with Crippen molar-refractivity contribution in [3.05, 3.63) is 30.2 Å². The lowest BCUT2D eigenvalue weighted by Gasteiger charge is -2.01. The average Bonchev–Trinajstić information content (AvgIpc) is 2.65.